The summed E-state index contributed by atoms with van der Waals surface area (Å²) in [5.41, 5.74) is 0. The Morgan fingerprint density at radius 1 is 1.56 bits per heavy atom. The summed E-state index contributed by atoms with van der Waals surface area (Å²) in [4.78, 5) is 16.4. The quantitative estimate of drug-likeness (QED) is 0.713. The van der Waals surface area contributed by atoms with Gasteiger partial charge in [-0.15, -0.1) is 8.98 Å². The predicted octanol–water partition coefficient (Wildman–Crippen LogP) is -0.482. The molecule has 2 rings (SSSR count). The van der Waals surface area contributed by atoms with Crippen molar-refractivity contribution in [3.63, 3.8) is 0 Å². The van der Waals surface area contributed by atoms with Crippen LogP contribution >= 0.6 is 0 Å². The van der Waals surface area contributed by atoms with Crippen molar-refractivity contribution in [3.05, 3.63) is 5.82 Å². The molecule has 1 aromatic heterocycles. The number of amides is 1. The molecule has 1 aliphatic rings. The molecule has 1 fully saturated rings. The third-order valence-electron chi connectivity index (χ3n) is 2.31. The fourth-order valence-corrected chi connectivity index (χ4v) is 2.18. The molecule has 0 radical (unpaired) electrons. The van der Waals surface area contributed by atoms with Crippen molar-refractivity contribution in [2.45, 2.75) is 18.6 Å². The molecule has 1 atom stereocenters. The third kappa shape index (κ3) is 1.90. The molecule has 7 nitrogen and oxygen atoms in total. The van der Waals surface area contributed by atoms with Crippen LogP contribution in [-0.2, 0) is 15.0 Å². The largest absolute Gasteiger partial charge is 0.307 e. The Morgan fingerprint density at radius 2 is 2.25 bits per heavy atom. The molecular weight excluding hydrogens is 239 g/mol. The molecule has 0 aliphatic carbocycles. The van der Waals surface area contributed by atoms with E-state index in [9.17, 15) is 17.1 Å². The number of hydrogen-bond acceptors (Lipinski definition) is 5. The van der Waals surface area contributed by atoms with Crippen molar-refractivity contribution in [2.24, 2.45) is 0 Å². The van der Waals surface area contributed by atoms with E-state index in [4.69, 9.17) is 0 Å². The molecular formula is C7H9FN4O3S. The van der Waals surface area contributed by atoms with E-state index in [2.05, 4.69) is 15.2 Å². The van der Waals surface area contributed by atoms with E-state index in [0.29, 0.717) is 5.82 Å². The highest BCUT2D eigenvalue weighted by molar-refractivity contribution is 7.87. The van der Waals surface area contributed by atoms with Crippen molar-refractivity contribution >= 4 is 22.1 Å². The van der Waals surface area contributed by atoms with Crippen LogP contribution in [0.15, 0.2) is 0 Å². The number of aryl methyl sites for hydroxylation is 1. The number of aromatic nitrogens is 3. The molecule has 1 N–H and O–H groups in total. The van der Waals surface area contributed by atoms with Gasteiger partial charge in [0.2, 0.25) is 5.91 Å². The maximum atomic E-state index is 12.7. The Kier molecular flexibility index (Phi) is 2.41. The Hall–Kier alpha value is -1.51. The van der Waals surface area contributed by atoms with Crippen molar-refractivity contribution in [1.82, 2.24) is 15.2 Å². The highest BCUT2D eigenvalue weighted by Crippen LogP contribution is 2.22. The minimum absolute atomic E-state index is 0.0775. The number of carbonyl (C=O) groups excluding carboxylic acids is 1. The van der Waals surface area contributed by atoms with Crippen LogP contribution in [0.2, 0.25) is 0 Å². The zero-order valence-electron chi connectivity index (χ0n) is 8.34. The first kappa shape index (κ1) is 11.0. The van der Waals surface area contributed by atoms with Crippen molar-refractivity contribution in [1.29, 1.82) is 0 Å². The summed E-state index contributed by atoms with van der Waals surface area (Å²) < 4.78 is 34.0. The lowest BCUT2D eigenvalue weighted by Crippen LogP contribution is -2.27. The first-order valence-electron chi connectivity index (χ1n) is 4.51. The van der Waals surface area contributed by atoms with Crippen LogP contribution in [0.3, 0.4) is 0 Å². The number of H-pyrrole nitrogens is 1. The molecule has 1 unspecified atom stereocenters. The van der Waals surface area contributed by atoms with E-state index < -0.39 is 21.4 Å². The number of hydrogen-bond donors (Lipinski definition) is 1. The summed E-state index contributed by atoms with van der Waals surface area (Å²) in [5.74, 6) is 0.0771. The van der Waals surface area contributed by atoms with Crippen LogP contribution in [0.5, 0.6) is 0 Å². The van der Waals surface area contributed by atoms with E-state index in [-0.39, 0.29) is 18.9 Å². The van der Waals surface area contributed by atoms with Gasteiger partial charge in [0.05, 0.1) is 0 Å². The molecule has 1 aliphatic heterocycles. The normalized spacial score (nSPS) is 21.8. The fourth-order valence-electron chi connectivity index (χ4n) is 1.51. The van der Waals surface area contributed by atoms with Gasteiger partial charge in [-0.3, -0.25) is 14.8 Å². The average molecular weight is 248 g/mol. The van der Waals surface area contributed by atoms with Gasteiger partial charge < -0.3 is 0 Å². The standard InChI is InChI=1S/C7H9FN4O3S/c1-4-9-7(11-10-4)12-3-5(2-6(12)13)16(8,14)15/h5H,2-3H2,1H3,(H,9,10,11). The molecule has 1 amide bonds. The minimum atomic E-state index is -4.70. The monoisotopic (exact) mass is 248 g/mol. The number of rotatable bonds is 2. The van der Waals surface area contributed by atoms with E-state index >= 15 is 0 Å². The summed E-state index contributed by atoms with van der Waals surface area (Å²) in [6.45, 7) is 1.40. The van der Waals surface area contributed by atoms with E-state index in [1.165, 1.54) is 0 Å². The first-order valence-corrected chi connectivity index (χ1v) is 5.95. The van der Waals surface area contributed by atoms with Crippen LogP contribution in [0.4, 0.5) is 9.83 Å². The maximum absolute atomic E-state index is 12.7. The van der Waals surface area contributed by atoms with Gasteiger partial charge in [0, 0.05) is 13.0 Å². The second-order valence-corrected chi connectivity index (χ2v) is 5.14. The molecule has 1 aromatic rings. The number of nitrogens with one attached hydrogen (secondary N) is 1. The SMILES string of the molecule is Cc1nc(N2CC(S(=O)(=O)F)CC2=O)n[nH]1. The van der Waals surface area contributed by atoms with Crippen LogP contribution < -0.4 is 4.90 Å². The van der Waals surface area contributed by atoms with Gasteiger partial charge in [-0.2, -0.15) is 13.4 Å². The second-order valence-electron chi connectivity index (χ2n) is 3.53. The molecule has 0 bridgehead atoms. The smallest absolute Gasteiger partial charge is 0.278 e. The predicted molar refractivity (Wildman–Crippen MR) is 51.9 cm³/mol. The lowest BCUT2D eigenvalue weighted by molar-refractivity contribution is -0.117. The van der Waals surface area contributed by atoms with E-state index in [1.807, 2.05) is 0 Å². The number of anilines is 1. The molecule has 16 heavy (non-hydrogen) atoms. The van der Waals surface area contributed by atoms with Gasteiger partial charge in [0.1, 0.15) is 11.1 Å². The average Bonchev–Trinajstić information content (AvgIpc) is 2.70. The molecule has 0 saturated carbocycles. The van der Waals surface area contributed by atoms with Crippen LogP contribution in [0.25, 0.3) is 0 Å². The van der Waals surface area contributed by atoms with Crippen LogP contribution in [0.1, 0.15) is 12.2 Å². The van der Waals surface area contributed by atoms with Gasteiger partial charge in [0.25, 0.3) is 5.95 Å². The third-order valence-corrected chi connectivity index (χ3v) is 3.43. The zero-order valence-corrected chi connectivity index (χ0v) is 9.16. The summed E-state index contributed by atoms with van der Waals surface area (Å²) in [6.07, 6.45) is -0.369. The Labute approximate surface area is 90.9 Å². The fraction of sp³-hybridized carbons (Fsp3) is 0.571. The van der Waals surface area contributed by atoms with Gasteiger partial charge in [-0.05, 0) is 6.92 Å². The van der Waals surface area contributed by atoms with Crippen molar-refractivity contribution in [3.8, 4) is 0 Å². The Balaban J connectivity index is 2.24. The summed E-state index contributed by atoms with van der Waals surface area (Å²) in [6, 6.07) is 0. The summed E-state index contributed by atoms with van der Waals surface area (Å²) >= 11 is 0. The molecule has 0 spiro atoms. The highest BCUT2D eigenvalue weighted by Gasteiger charge is 2.40. The molecule has 9 heteroatoms. The zero-order chi connectivity index (χ0) is 11.9. The van der Waals surface area contributed by atoms with Gasteiger partial charge in [0.15, 0.2) is 0 Å². The molecule has 0 aromatic carbocycles. The van der Waals surface area contributed by atoms with E-state index in [1.54, 1.807) is 6.92 Å². The van der Waals surface area contributed by atoms with Gasteiger partial charge in [-0.1, -0.05) is 0 Å². The lowest BCUT2D eigenvalue weighted by atomic mass is 10.4. The number of halogens is 1. The van der Waals surface area contributed by atoms with E-state index in [0.717, 1.165) is 4.90 Å². The minimum Gasteiger partial charge on any atom is -0.278 e. The summed E-state index contributed by atoms with van der Waals surface area (Å²) in [7, 11) is -4.70. The topological polar surface area (TPSA) is 96.0 Å². The van der Waals surface area contributed by atoms with Crippen LogP contribution in [-0.4, -0.2) is 41.3 Å². The highest BCUT2D eigenvalue weighted by atomic mass is 32.3. The Bertz CT molecular complexity index is 525. The van der Waals surface area contributed by atoms with Gasteiger partial charge >= 0.3 is 10.2 Å². The molecule has 1 saturated heterocycles. The Morgan fingerprint density at radius 3 is 2.69 bits per heavy atom. The number of nitrogens with zero attached hydrogens (tertiary/aromatic N) is 3. The second kappa shape index (κ2) is 3.51. The number of aromatic amines is 1. The molecule has 88 valence electrons. The summed E-state index contributed by atoms with van der Waals surface area (Å²) in [5, 5.41) is 4.92. The van der Waals surface area contributed by atoms with Crippen molar-refractivity contribution < 1.29 is 17.1 Å². The lowest BCUT2D eigenvalue weighted by Gasteiger charge is -2.09. The van der Waals surface area contributed by atoms with Crippen molar-refractivity contribution in [2.75, 3.05) is 11.4 Å². The van der Waals surface area contributed by atoms with Gasteiger partial charge in [-0.25, -0.2) is 0 Å². The number of carbonyl (C=O) groups is 1. The van der Waals surface area contributed by atoms with Crippen LogP contribution in [0, 0.1) is 6.92 Å². The first-order chi connectivity index (χ1) is 7.38. The molecule has 2 heterocycles. The maximum Gasteiger partial charge on any atom is 0.307 e.